The second-order valence-electron chi connectivity index (χ2n) is 5.32. The molecular formula is C16H26N2O3. The minimum Gasteiger partial charge on any atom is -0.450 e. The molecule has 0 saturated carbocycles. The van der Waals surface area contributed by atoms with Gasteiger partial charge in [-0.15, -0.1) is 0 Å². The van der Waals surface area contributed by atoms with Crippen LogP contribution in [0.5, 0.6) is 0 Å². The Hall–Kier alpha value is -1.62. The van der Waals surface area contributed by atoms with Gasteiger partial charge in [-0.25, -0.2) is 4.79 Å². The molecule has 0 aliphatic carbocycles. The molecule has 5 nitrogen and oxygen atoms in total. The van der Waals surface area contributed by atoms with E-state index in [4.69, 9.17) is 4.74 Å². The summed E-state index contributed by atoms with van der Waals surface area (Å²) in [6.45, 7) is 5.11. The van der Waals surface area contributed by atoms with Gasteiger partial charge in [0.15, 0.2) is 0 Å². The molecule has 0 saturated heterocycles. The van der Waals surface area contributed by atoms with Crippen LogP contribution in [0.3, 0.4) is 0 Å². The second kappa shape index (κ2) is 10.2. The van der Waals surface area contributed by atoms with Crippen molar-refractivity contribution in [1.82, 2.24) is 10.3 Å². The zero-order valence-electron chi connectivity index (χ0n) is 12.9. The smallest absolute Gasteiger partial charge is 0.407 e. The number of aromatic nitrogens is 1. The number of nitrogens with zero attached hydrogens (tertiary/aromatic N) is 1. The maximum atomic E-state index is 11.4. The summed E-state index contributed by atoms with van der Waals surface area (Å²) in [5, 5.41) is 12.8. The van der Waals surface area contributed by atoms with E-state index in [1.165, 1.54) is 0 Å². The van der Waals surface area contributed by atoms with Crippen molar-refractivity contribution in [3.05, 3.63) is 30.1 Å². The first-order valence-corrected chi connectivity index (χ1v) is 7.63. The Morgan fingerprint density at radius 2 is 2.24 bits per heavy atom. The summed E-state index contributed by atoms with van der Waals surface area (Å²) in [4.78, 5) is 15.5. The number of aliphatic hydroxyl groups excluding tert-OH is 1. The quantitative estimate of drug-likeness (QED) is 0.687. The fourth-order valence-corrected chi connectivity index (χ4v) is 1.88. The minimum atomic E-state index is -0.551. The molecule has 1 rings (SSSR count). The van der Waals surface area contributed by atoms with Crippen LogP contribution in [0.4, 0.5) is 4.79 Å². The molecule has 0 fully saturated rings. The molecule has 0 bridgehead atoms. The number of alkyl carbamates (subject to hydrolysis) is 1. The van der Waals surface area contributed by atoms with E-state index in [-0.39, 0.29) is 12.0 Å². The summed E-state index contributed by atoms with van der Waals surface area (Å²) in [5.41, 5.74) is 0.691. The summed E-state index contributed by atoms with van der Waals surface area (Å²) >= 11 is 0. The largest absolute Gasteiger partial charge is 0.450 e. The van der Waals surface area contributed by atoms with E-state index in [1.54, 1.807) is 6.20 Å². The Bertz CT molecular complexity index is 398. The van der Waals surface area contributed by atoms with Crippen LogP contribution in [0.15, 0.2) is 24.4 Å². The van der Waals surface area contributed by atoms with Crippen LogP contribution in [0, 0.1) is 5.92 Å². The Kier molecular flexibility index (Phi) is 8.43. The molecule has 1 amide bonds. The highest BCUT2D eigenvalue weighted by Gasteiger charge is 2.12. The van der Waals surface area contributed by atoms with Crippen LogP contribution in [-0.4, -0.2) is 29.3 Å². The average molecular weight is 294 g/mol. The van der Waals surface area contributed by atoms with Crippen molar-refractivity contribution >= 4 is 6.09 Å². The van der Waals surface area contributed by atoms with Gasteiger partial charge in [0.2, 0.25) is 0 Å². The second-order valence-corrected chi connectivity index (χ2v) is 5.32. The molecule has 0 aromatic carbocycles. The lowest BCUT2D eigenvalue weighted by Gasteiger charge is -2.15. The van der Waals surface area contributed by atoms with E-state index in [9.17, 15) is 9.90 Å². The monoisotopic (exact) mass is 294 g/mol. The molecule has 0 radical (unpaired) electrons. The number of aliphatic hydroxyl groups is 1. The van der Waals surface area contributed by atoms with Gasteiger partial charge in [0.05, 0.1) is 18.4 Å². The predicted molar refractivity (Wildman–Crippen MR) is 81.9 cm³/mol. The summed E-state index contributed by atoms with van der Waals surface area (Å²) in [6, 6.07) is 5.51. The first kappa shape index (κ1) is 17.4. The SMILES string of the molecule is CCCCOC(=O)NCC(C)CCC(O)c1ccccn1. The number of unbranched alkanes of at least 4 members (excludes halogenated alkanes) is 1. The van der Waals surface area contributed by atoms with Crippen LogP contribution < -0.4 is 5.32 Å². The number of nitrogens with one attached hydrogen (secondary N) is 1. The zero-order valence-corrected chi connectivity index (χ0v) is 12.9. The lowest BCUT2D eigenvalue weighted by molar-refractivity contribution is 0.140. The number of pyridine rings is 1. The van der Waals surface area contributed by atoms with Gasteiger partial charge in [0.25, 0.3) is 0 Å². The average Bonchev–Trinajstić information content (AvgIpc) is 2.51. The van der Waals surface area contributed by atoms with Gasteiger partial charge < -0.3 is 15.2 Å². The third kappa shape index (κ3) is 7.66. The van der Waals surface area contributed by atoms with E-state index >= 15 is 0 Å². The molecule has 0 aliphatic rings. The molecule has 2 unspecified atom stereocenters. The van der Waals surface area contributed by atoms with Crippen molar-refractivity contribution in [2.75, 3.05) is 13.2 Å². The van der Waals surface area contributed by atoms with Crippen molar-refractivity contribution < 1.29 is 14.6 Å². The third-order valence-electron chi connectivity index (χ3n) is 3.29. The summed E-state index contributed by atoms with van der Waals surface area (Å²) < 4.78 is 5.02. The Labute approximate surface area is 126 Å². The van der Waals surface area contributed by atoms with E-state index < -0.39 is 6.10 Å². The molecule has 118 valence electrons. The Balaban J connectivity index is 2.16. The zero-order chi connectivity index (χ0) is 15.5. The van der Waals surface area contributed by atoms with Gasteiger partial charge in [-0.3, -0.25) is 4.98 Å². The minimum absolute atomic E-state index is 0.280. The fourth-order valence-electron chi connectivity index (χ4n) is 1.88. The van der Waals surface area contributed by atoms with Crippen LogP contribution in [0.1, 0.15) is 51.3 Å². The fraction of sp³-hybridized carbons (Fsp3) is 0.625. The molecule has 1 aromatic rings. The Morgan fingerprint density at radius 3 is 2.90 bits per heavy atom. The molecule has 2 atom stereocenters. The van der Waals surface area contributed by atoms with Crippen LogP contribution in [-0.2, 0) is 4.74 Å². The van der Waals surface area contributed by atoms with Gasteiger partial charge in [-0.2, -0.15) is 0 Å². The van der Waals surface area contributed by atoms with Gasteiger partial charge in [-0.1, -0.05) is 26.3 Å². The normalized spacial score (nSPS) is 13.5. The lowest BCUT2D eigenvalue weighted by atomic mass is 10.0. The van der Waals surface area contributed by atoms with E-state index in [0.717, 1.165) is 19.3 Å². The van der Waals surface area contributed by atoms with Gasteiger partial charge in [0, 0.05) is 12.7 Å². The number of amides is 1. The van der Waals surface area contributed by atoms with Crippen LogP contribution in [0.25, 0.3) is 0 Å². The molecule has 21 heavy (non-hydrogen) atoms. The van der Waals surface area contributed by atoms with Crippen molar-refractivity contribution in [1.29, 1.82) is 0 Å². The summed E-state index contributed by atoms with van der Waals surface area (Å²) in [5.74, 6) is 0.280. The van der Waals surface area contributed by atoms with Gasteiger partial charge in [0.1, 0.15) is 0 Å². The van der Waals surface area contributed by atoms with E-state index in [2.05, 4.69) is 17.2 Å². The number of hydrogen-bond acceptors (Lipinski definition) is 4. The molecule has 0 aliphatic heterocycles. The standard InChI is InChI=1S/C16H26N2O3/c1-3-4-11-21-16(20)18-12-13(2)8-9-15(19)14-7-5-6-10-17-14/h5-7,10,13,15,19H,3-4,8-9,11-12H2,1-2H3,(H,18,20). The third-order valence-corrected chi connectivity index (χ3v) is 3.29. The van der Waals surface area contributed by atoms with E-state index in [1.807, 2.05) is 25.1 Å². The number of carbonyl (C=O) groups excluding carboxylic acids is 1. The molecule has 1 heterocycles. The maximum absolute atomic E-state index is 11.4. The first-order valence-electron chi connectivity index (χ1n) is 7.63. The Morgan fingerprint density at radius 1 is 1.43 bits per heavy atom. The van der Waals surface area contributed by atoms with Gasteiger partial charge in [-0.05, 0) is 37.3 Å². The molecule has 0 spiro atoms. The maximum Gasteiger partial charge on any atom is 0.407 e. The van der Waals surface area contributed by atoms with Crippen molar-refractivity contribution in [3.8, 4) is 0 Å². The topological polar surface area (TPSA) is 71.5 Å². The molecule has 1 aromatic heterocycles. The number of hydrogen-bond donors (Lipinski definition) is 2. The van der Waals surface area contributed by atoms with Crippen molar-refractivity contribution in [2.24, 2.45) is 5.92 Å². The molecular weight excluding hydrogens is 268 g/mol. The summed E-state index contributed by atoms with van der Waals surface area (Å²) in [7, 11) is 0. The van der Waals surface area contributed by atoms with Crippen molar-refractivity contribution in [2.45, 2.75) is 45.6 Å². The number of ether oxygens (including phenoxy) is 1. The highest BCUT2D eigenvalue weighted by atomic mass is 16.5. The number of carbonyl (C=O) groups is 1. The first-order chi connectivity index (χ1) is 10.1. The summed E-state index contributed by atoms with van der Waals surface area (Å²) in [6.07, 6.45) is 4.10. The molecule has 2 N–H and O–H groups in total. The van der Waals surface area contributed by atoms with Crippen LogP contribution in [0.2, 0.25) is 0 Å². The highest BCUT2D eigenvalue weighted by Crippen LogP contribution is 2.18. The lowest BCUT2D eigenvalue weighted by Crippen LogP contribution is -2.29. The van der Waals surface area contributed by atoms with E-state index in [0.29, 0.717) is 25.3 Å². The number of rotatable bonds is 9. The van der Waals surface area contributed by atoms with Crippen LogP contribution >= 0.6 is 0 Å². The van der Waals surface area contributed by atoms with Crippen molar-refractivity contribution in [3.63, 3.8) is 0 Å². The predicted octanol–water partition coefficient (Wildman–Crippen LogP) is 3.06. The van der Waals surface area contributed by atoms with Gasteiger partial charge >= 0.3 is 6.09 Å². The highest BCUT2D eigenvalue weighted by molar-refractivity contribution is 5.67. The molecule has 5 heteroatoms.